The summed E-state index contributed by atoms with van der Waals surface area (Å²) < 4.78 is 21.2. The molecule has 0 unspecified atom stereocenters. The molecule has 3 aromatic rings. The predicted octanol–water partition coefficient (Wildman–Crippen LogP) is 3.33. The van der Waals surface area contributed by atoms with Crippen LogP contribution in [0, 0.1) is 11.7 Å². The molecule has 0 aliphatic carbocycles. The summed E-state index contributed by atoms with van der Waals surface area (Å²) in [4.78, 5) is 30.0. The zero-order chi connectivity index (χ0) is 25.5. The number of rotatable bonds is 11. The number of benzene rings is 2. The maximum absolute atomic E-state index is 14.5. The van der Waals surface area contributed by atoms with Gasteiger partial charge in [-0.15, -0.1) is 0 Å². The minimum atomic E-state index is -0.980. The van der Waals surface area contributed by atoms with E-state index in [4.69, 9.17) is 16.3 Å². The van der Waals surface area contributed by atoms with Crippen LogP contribution in [0.3, 0.4) is 0 Å². The van der Waals surface area contributed by atoms with Gasteiger partial charge in [0, 0.05) is 35.0 Å². The van der Waals surface area contributed by atoms with Gasteiger partial charge in [-0.1, -0.05) is 23.7 Å². The van der Waals surface area contributed by atoms with Gasteiger partial charge in [0.05, 0.1) is 31.8 Å². The quantitative estimate of drug-likeness (QED) is 0.368. The molecule has 35 heavy (non-hydrogen) atoms. The van der Waals surface area contributed by atoms with Crippen molar-refractivity contribution in [3.05, 3.63) is 81.0 Å². The van der Waals surface area contributed by atoms with Crippen molar-refractivity contribution in [2.24, 2.45) is 5.92 Å². The number of anilines is 2. The highest BCUT2D eigenvalue weighted by atomic mass is 35.5. The van der Waals surface area contributed by atoms with Gasteiger partial charge in [0.1, 0.15) is 5.78 Å². The summed E-state index contributed by atoms with van der Waals surface area (Å²) >= 11 is 5.97. The summed E-state index contributed by atoms with van der Waals surface area (Å²) in [5.74, 6) is -1.79. The number of ketones is 1. The van der Waals surface area contributed by atoms with Crippen LogP contribution in [0.25, 0.3) is 0 Å². The Morgan fingerprint density at radius 1 is 1.17 bits per heavy atom. The smallest absolute Gasteiger partial charge is 0.258 e. The largest absolute Gasteiger partial charge is 0.488 e. The number of halogens is 2. The lowest BCUT2D eigenvalue weighted by Gasteiger charge is -2.17. The van der Waals surface area contributed by atoms with E-state index in [1.807, 2.05) is 0 Å². The Hall–Kier alpha value is -3.27. The van der Waals surface area contributed by atoms with Gasteiger partial charge >= 0.3 is 0 Å². The van der Waals surface area contributed by atoms with Gasteiger partial charge in [-0.25, -0.2) is 9.37 Å². The Morgan fingerprint density at radius 2 is 1.86 bits per heavy atom. The van der Waals surface area contributed by atoms with E-state index in [0.717, 1.165) is 5.56 Å². The van der Waals surface area contributed by atoms with Crippen LogP contribution in [0.5, 0.6) is 5.75 Å². The molecule has 1 aromatic heterocycles. The molecule has 0 aliphatic heterocycles. The fraction of sp³-hybridized carbons (Fsp3) is 0.320. The van der Waals surface area contributed by atoms with Gasteiger partial charge < -0.3 is 20.3 Å². The van der Waals surface area contributed by atoms with Crippen molar-refractivity contribution in [1.29, 1.82) is 0 Å². The highest BCUT2D eigenvalue weighted by Gasteiger charge is 2.20. The van der Waals surface area contributed by atoms with Crippen LogP contribution in [0.1, 0.15) is 25.0 Å². The summed E-state index contributed by atoms with van der Waals surface area (Å²) in [6.07, 6.45) is 0.773. The van der Waals surface area contributed by atoms with E-state index in [2.05, 4.69) is 10.3 Å². The molecule has 10 heteroatoms. The Morgan fingerprint density at radius 3 is 2.46 bits per heavy atom. The van der Waals surface area contributed by atoms with Crippen molar-refractivity contribution in [3.63, 3.8) is 0 Å². The van der Waals surface area contributed by atoms with Crippen LogP contribution in [0.15, 0.2) is 53.5 Å². The lowest BCUT2D eigenvalue weighted by Crippen LogP contribution is -2.31. The van der Waals surface area contributed by atoms with Crippen molar-refractivity contribution < 1.29 is 24.1 Å². The fourth-order valence-corrected chi connectivity index (χ4v) is 3.45. The Kier molecular flexibility index (Phi) is 8.97. The molecular formula is C25H27ClFN3O5. The molecule has 0 saturated heterocycles. The third kappa shape index (κ3) is 6.88. The molecule has 0 atom stereocenters. The third-order valence-electron chi connectivity index (χ3n) is 5.18. The van der Waals surface area contributed by atoms with E-state index in [1.54, 1.807) is 44.2 Å². The number of aliphatic hydroxyl groups excluding tert-OH is 2. The first-order valence-corrected chi connectivity index (χ1v) is 11.4. The molecule has 0 radical (unpaired) electrons. The van der Waals surface area contributed by atoms with Crippen LogP contribution in [0.4, 0.5) is 16.0 Å². The van der Waals surface area contributed by atoms with Gasteiger partial charge in [-0.05, 0) is 43.7 Å². The van der Waals surface area contributed by atoms with Crippen LogP contribution in [-0.2, 0) is 17.8 Å². The monoisotopic (exact) mass is 503 g/mol. The van der Waals surface area contributed by atoms with Crippen molar-refractivity contribution in [2.75, 3.05) is 18.5 Å². The summed E-state index contributed by atoms with van der Waals surface area (Å²) in [5.41, 5.74) is 0.717. The van der Waals surface area contributed by atoms with E-state index in [-0.39, 0.29) is 36.3 Å². The highest BCUT2D eigenvalue weighted by Crippen LogP contribution is 2.24. The minimum Gasteiger partial charge on any atom is -0.488 e. The van der Waals surface area contributed by atoms with Gasteiger partial charge in [0.25, 0.3) is 5.56 Å². The lowest BCUT2D eigenvalue weighted by molar-refractivity contribution is -0.124. The zero-order valence-corrected chi connectivity index (χ0v) is 20.1. The number of aliphatic hydroxyl groups is 2. The Bertz CT molecular complexity index is 1230. The molecule has 0 saturated carbocycles. The first-order chi connectivity index (χ1) is 16.7. The third-order valence-corrected chi connectivity index (χ3v) is 5.44. The van der Waals surface area contributed by atoms with E-state index in [0.29, 0.717) is 10.7 Å². The van der Waals surface area contributed by atoms with Crippen LogP contribution in [-0.4, -0.2) is 44.9 Å². The summed E-state index contributed by atoms with van der Waals surface area (Å²) in [6, 6.07) is 11.2. The minimum absolute atomic E-state index is 0.105. The van der Waals surface area contributed by atoms with E-state index < -0.39 is 36.3 Å². The summed E-state index contributed by atoms with van der Waals surface area (Å²) in [5, 5.41) is 22.0. The molecule has 3 N–H and O–H groups in total. The second kappa shape index (κ2) is 11.9. The summed E-state index contributed by atoms with van der Waals surface area (Å²) in [6.45, 7) is 2.64. The second-order valence-electron chi connectivity index (χ2n) is 8.27. The van der Waals surface area contributed by atoms with Gasteiger partial charge in [0.2, 0.25) is 5.95 Å². The molecule has 0 spiro atoms. The topological polar surface area (TPSA) is 114 Å². The average Bonchev–Trinajstić information content (AvgIpc) is 2.81. The van der Waals surface area contributed by atoms with Crippen LogP contribution >= 0.6 is 11.6 Å². The fourth-order valence-electron chi connectivity index (χ4n) is 3.32. The van der Waals surface area contributed by atoms with Crippen LogP contribution in [0.2, 0.25) is 5.02 Å². The number of hydrogen-bond acceptors (Lipinski definition) is 7. The predicted molar refractivity (Wildman–Crippen MR) is 131 cm³/mol. The molecule has 186 valence electrons. The van der Waals surface area contributed by atoms with Crippen molar-refractivity contribution in [3.8, 4) is 5.75 Å². The second-order valence-corrected chi connectivity index (χ2v) is 8.70. The van der Waals surface area contributed by atoms with Crippen molar-refractivity contribution in [2.45, 2.75) is 32.9 Å². The SMILES string of the molecule is CC(C)Oc1ccc(Nc2ncc(CC(=O)C(CO)CO)c(=O)n2Cc2ccc(Cl)cc2)cc1F. The van der Waals surface area contributed by atoms with Gasteiger partial charge in [0.15, 0.2) is 11.6 Å². The van der Waals surface area contributed by atoms with E-state index in [1.165, 1.54) is 22.9 Å². The number of Topliss-reactive ketones (excluding diaryl/α,β-unsaturated/α-hetero) is 1. The molecule has 2 aromatic carbocycles. The molecule has 3 rings (SSSR count). The standard InChI is InChI=1S/C25H27ClFN3O5/c1-15(2)35-23-8-7-20(10-21(23)27)29-25-28-11-17(9-22(33)18(13-31)14-32)24(34)30(25)12-16-3-5-19(26)6-4-16/h3-8,10-11,15,18,31-32H,9,12-14H2,1-2H3,(H,28,29). The molecule has 0 fully saturated rings. The van der Waals surface area contributed by atoms with E-state index in [9.17, 15) is 24.2 Å². The first-order valence-electron chi connectivity index (χ1n) is 11.0. The Balaban J connectivity index is 1.97. The highest BCUT2D eigenvalue weighted by molar-refractivity contribution is 6.30. The van der Waals surface area contributed by atoms with Crippen LogP contribution < -0.4 is 15.6 Å². The van der Waals surface area contributed by atoms with Gasteiger partial charge in [-0.2, -0.15) is 0 Å². The molecule has 0 bridgehead atoms. The number of ether oxygens (including phenoxy) is 1. The molecular weight excluding hydrogens is 477 g/mol. The van der Waals surface area contributed by atoms with Gasteiger partial charge in [-0.3, -0.25) is 14.2 Å². The molecule has 0 amide bonds. The Labute approximate surface area is 207 Å². The van der Waals surface area contributed by atoms with Crippen molar-refractivity contribution in [1.82, 2.24) is 9.55 Å². The normalized spacial score (nSPS) is 11.2. The van der Waals surface area contributed by atoms with Crippen molar-refractivity contribution >= 4 is 29.0 Å². The number of aromatic nitrogens is 2. The molecule has 1 heterocycles. The lowest BCUT2D eigenvalue weighted by atomic mass is 10.0. The maximum atomic E-state index is 14.5. The molecule has 8 nitrogen and oxygen atoms in total. The first kappa shape index (κ1) is 26.3. The zero-order valence-electron chi connectivity index (χ0n) is 19.4. The number of hydrogen-bond donors (Lipinski definition) is 3. The number of nitrogens with zero attached hydrogens (tertiary/aromatic N) is 2. The maximum Gasteiger partial charge on any atom is 0.258 e. The number of nitrogens with one attached hydrogen (secondary N) is 1. The molecule has 0 aliphatic rings. The van der Waals surface area contributed by atoms with E-state index >= 15 is 0 Å². The number of carbonyl (C=O) groups is 1. The average molecular weight is 504 g/mol. The summed E-state index contributed by atoms with van der Waals surface area (Å²) in [7, 11) is 0. The number of carbonyl (C=O) groups excluding carboxylic acids is 1.